The largest absolute Gasteiger partial charge is 0.398 e. The first-order valence-corrected chi connectivity index (χ1v) is 7.33. The van der Waals surface area contributed by atoms with Crippen LogP contribution in [0.3, 0.4) is 0 Å². The monoisotopic (exact) mass is 266 g/mol. The normalized spacial score (nSPS) is 12.1. The Hall–Kier alpha value is -1.54. The molecule has 0 saturated carbocycles. The third-order valence-corrected chi connectivity index (χ3v) is 4.57. The number of nitrogens with zero attached hydrogens (tertiary/aromatic N) is 1. The van der Waals surface area contributed by atoms with E-state index in [1.165, 1.54) is 0 Å². The van der Waals surface area contributed by atoms with Crippen LogP contribution in [0.2, 0.25) is 0 Å². The predicted octanol–water partition coefficient (Wildman–Crippen LogP) is 2.29. The highest BCUT2D eigenvalue weighted by Crippen LogP contribution is 2.25. The third-order valence-electron chi connectivity index (χ3n) is 2.80. The fraction of sp³-hybridized carbons (Fsp3) is 0.462. The van der Waals surface area contributed by atoms with Gasteiger partial charge in [-0.15, -0.1) is 0 Å². The van der Waals surface area contributed by atoms with Gasteiger partial charge in [0.1, 0.15) is 0 Å². The number of nitrogens with two attached hydrogens (primary N) is 1. The molecule has 0 heterocycles. The van der Waals surface area contributed by atoms with Crippen molar-refractivity contribution >= 4 is 15.5 Å². The van der Waals surface area contributed by atoms with Crippen LogP contribution in [0.25, 0.3) is 0 Å². The Morgan fingerprint density at radius 3 is 2.56 bits per heavy atom. The molecule has 0 aliphatic carbocycles. The number of nitrogen functional groups attached to an aromatic ring is 1. The molecule has 0 atom stereocenters. The van der Waals surface area contributed by atoms with E-state index >= 15 is 0 Å². The highest BCUT2D eigenvalue weighted by molar-refractivity contribution is 7.91. The van der Waals surface area contributed by atoms with Crippen molar-refractivity contribution in [2.45, 2.75) is 32.1 Å². The Morgan fingerprint density at radius 1 is 1.39 bits per heavy atom. The predicted molar refractivity (Wildman–Crippen MR) is 71.7 cm³/mol. The van der Waals surface area contributed by atoms with E-state index in [-0.39, 0.29) is 16.3 Å². The summed E-state index contributed by atoms with van der Waals surface area (Å²) in [5, 5.41) is 8.89. The molecule has 0 unspecified atom stereocenters. The molecule has 2 N–H and O–H groups in total. The van der Waals surface area contributed by atoms with E-state index in [9.17, 15) is 8.42 Å². The van der Waals surface area contributed by atoms with Crippen LogP contribution in [0.4, 0.5) is 5.69 Å². The van der Waals surface area contributed by atoms with Crippen molar-refractivity contribution in [2.75, 3.05) is 11.5 Å². The molecule has 0 aliphatic heterocycles. The van der Waals surface area contributed by atoms with Crippen molar-refractivity contribution in [3.8, 4) is 6.07 Å². The Labute approximate surface area is 108 Å². The molecule has 0 aliphatic rings. The van der Waals surface area contributed by atoms with Crippen molar-refractivity contribution in [3.63, 3.8) is 0 Å². The molecule has 98 valence electrons. The summed E-state index contributed by atoms with van der Waals surface area (Å²) in [6.45, 7) is 5.27. The van der Waals surface area contributed by atoms with E-state index in [4.69, 9.17) is 11.0 Å². The molecule has 0 fully saturated rings. The number of anilines is 1. The van der Waals surface area contributed by atoms with Gasteiger partial charge in [-0.05, 0) is 44.9 Å². The van der Waals surface area contributed by atoms with Gasteiger partial charge in [0.05, 0.1) is 27.8 Å². The molecule has 18 heavy (non-hydrogen) atoms. The van der Waals surface area contributed by atoms with Crippen LogP contribution in [0.5, 0.6) is 0 Å². The fourth-order valence-corrected chi connectivity index (χ4v) is 3.26. The third kappa shape index (κ3) is 3.47. The van der Waals surface area contributed by atoms with E-state index in [1.807, 2.05) is 6.92 Å². The van der Waals surface area contributed by atoms with Gasteiger partial charge in [0.2, 0.25) is 0 Å². The zero-order valence-electron chi connectivity index (χ0n) is 10.9. The second kappa shape index (κ2) is 4.99. The zero-order chi connectivity index (χ0) is 14.0. The molecule has 0 radical (unpaired) electrons. The lowest BCUT2D eigenvalue weighted by Crippen LogP contribution is -2.17. The summed E-state index contributed by atoms with van der Waals surface area (Å²) in [6.07, 6.45) is 0.291. The minimum Gasteiger partial charge on any atom is -0.398 e. The maximum atomic E-state index is 12.2. The summed E-state index contributed by atoms with van der Waals surface area (Å²) in [4.78, 5) is 0.163. The van der Waals surface area contributed by atoms with Gasteiger partial charge in [0.25, 0.3) is 0 Å². The summed E-state index contributed by atoms with van der Waals surface area (Å²) in [5.74, 6) is -0.0682. The van der Waals surface area contributed by atoms with Gasteiger partial charge < -0.3 is 5.73 Å². The molecule has 5 heteroatoms. The van der Waals surface area contributed by atoms with Crippen LogP contribution in [-0.4, -0.2) is 14.2 Å². The van der Waals surface area contributed by atoms with E-state index < -0.39 is 15.3 Å². The van der Waals surface area contributed by atoms with Crippen LogP contribution in [0.15, 0.2) is 23.1 Å². The van der Waals surface area contributed by atoms with Gasteiger partial charge in [0.15, 0.2) is 9.84 Å². The van der Waals surface area contributed by atoms with Gasteiger partial charge >= 0.3 is 0 Å². The van der Waals surface area contributed by atoms with Crippen LogP contribution in [0, 0.1) is 23.7 Å². The quantitative estimate of drug-likeness (QED) is 0.847. The van der Waals surface area contributed by atoms with Crippen LogP contribution in [0.1, 0.15) is 25.8 Å². The Morgan fingerprint density at radius 2 is 2.00 bits per heavy atom. The Kier molecular flexibility index (Phi) is 4.02. The maximum Gasteiger partial charge on any atom is 0.180 e. The van der Waals surface area contributed by atoms with Crippen molar-refractivity contribution in [2.24, 2.45) is 5.41 Å². The lowest BCUT2D eigenvalue weighted by molar-refractivity contribution is 0.473. The van der Waals surface area contributed by atoms with Crippen molar-refractivity contribution < 1.29 is 8.42 Å². The van der Waals surface area contributed by atoms with E-state index in [2.05, 4.69) is 6.07 Å². The lowest BCUT2D eigenvalue weighted by Gasteiger charge is -2.15. The van der Waals surface area contributed by atoms with Gasteiger partial charge in [-0.25, -0.2) is 8.42 Å². The maximum absolute atomic E-state index is 12.2. The first-order valence-electron chi connectivity index (χ1n) is 5.68. The summed E-state index contributed by atoms with van der Waals surface area (Å²) in [7, 11) is -3.43. The summed E-state index contributed by atoms with van der Waals surface area (Å²) < 4.78 is 24.4. The minimum atomic E-state index is -3.43. The van der Waals surface area contributed by atoms with Gasteiger partial charge in [-0.1, -0.05) is 6.07 Å². The number of benzene rings is 1. The molecule has 0 bridgehead atoms. The van der Waals surface area contributed by atoms with E-state index in [0.29, 0.717) is 6.42 Å². The molecular formula is C13H18N2O2S. The lowest BCUT2D eigenvalue weighted by atomic mass is 9.93. The fourth-order valence-electron chi connectivity index (χ4n) is 1.47. The minimum absolute atomic E-state index is 0.0682. The van der Waals surface area contributed by atoms with Crippen molar-refractivity contribution in [1.29, 1.82) is 5.26 Å². The average Bonchev–Trinajstić information content (AvgIpc) is 2.30. The van der Waals surface area contributed by atoms with E-state index in [0.717, 1.165) is 5.56 Å². The smallest absolute Gasteiger partial charge is 0.180 e. The summed E-state index contributed by atoms with van der Waals surface area (Å²) >= 11 is 0. The first-order chi connectivity index (χ1) is 8.18. The number of hydrogen-bond acceptors (Lipinski definition) is 4. The average molecular weight is 266 g/mol. The van der Waals surface area contributed by atoms with Crippen LogP contribution in [-0.2, 0) is 9.84 Å². The Balaban J connectivity index is 3.02. The highest BCUT2D eigenvalue weighted by Gasteiger charge is 2.24. The summed E-state index contributed by atoms with van der Waals surface area (Å²) in [6, 6.07) is 7.04. The zero-order valence-corrected chi connectivity index (χ0v) is 11.7. The second-order valence-corrected chi connectivity index (χ2v) is 7.18. The molecule has 0 spiro atoms. The highest BCUT2D eigenvalue weighted by atomic mass is 32.2. The van der Waals surface area contributed by atoms with Gasteiger partial charge in [-0.3, -0.25) is 0 Å². The molecule has 0 saturated heterocycles. The number of rotatable bonds is 4. The van der Waals surface area contributed by atoms with Crippen LogP contribution < -0.4 is 5.73 Å². The molecular weight excluding hydrogens is 248 g/mol. The molecule has 1 rings (SSSR count). The molecule has 4 nitrogen and oxygen atoms in total. The molecule has 0 amide bonds. The Bertz CT molecular complexity index is 583. The van der Waals surface area contributed by atoms with E-state index in [1.54, 1.807) is 32.0 Å². The topological polar surface area (TPSA) is 84.0 Å². The molecule has 0 aromatic heterocycles. The number of sulfone groups is 1. The number of nitriles is 1. The second-order valence-electron chi connectivity index (χ2n) is 5.11. The molecule has 1 aromatic rings. The van der Waals surface area contributed by atoms with Crippen LogP contribution >= 0.6 is 0 Å². The van der Waals surface area contributed by atoms with Gasteiger partial charge in [0, 0.05) is 0 Å². The number of aryl methyl sites for hydroxylation is 1. The molecule has 1 aromatic carbocycles. The first kappa shape index (κ1) is 14.5. The standard InChI is InChI=1S/C13H18N2O2S/c1-10-4-5-11(15)12(8-10)18(16,17)7-6-13(2,3)9-14/h4-5,8H,6-7,15H2,1-3H3. The van der Waals surface area contributed by atoms with Crippen molar-refractivity contribution in [3.05, 3.63) is 23.8 Å². The summed E-state index contributed by atoms with van der Waals surface area (Å²) in [5.41, 5.74) is 6.17. The SMILES string of the molecule is Cc1ccc(N)c(S(=O)(=O)CCC(C)(C)C#N)c1. The number of hydrogen-bond donors (Lipinski definition) is 1. The van der Waals surface area contributed by atoms with Gasteiger partial charge in [-0.2, -0.15) is 5.26 Å². The van der Waals surface area contributed by atoms with Crippen molar-refractivity contribution in [1.82, 2.24) is 0 Å².